The quantitative estimate of drug-likeness (QED) is 0.412. The minimum absolute atomic E-state index is 0.00983. The summed E-state index contributed by atoms with van der Waals surface area (Å²) in [5.41, 5.74) is 3.69. The van der Waals surface area contributed by atoms with Crippen LogP contribution in [-0.4, -0.2) is 45.2 Å². The molecule has 1 aliphatic heterocycles. The Kier molecular flexibility index (Phi) is 4.96. The summed E-state index contributed by atoms with van der Waals surface area (Å²) in [5.74, 6) is 0.429. The Hall–Kier alpha value is -3.56. The van der Waals surface area contributed by atoms with Gasteiger partial charge < -0.3 is 4.98 Å². The first-order valence-electron chi connectivity index (χ1n) is 11.2. The van der Waals surface area contributed by atoms with E-state index in [4.69, 9.17) is 4.98 Å². The first-order chi connectivity index (χ1) is 16.5. The first-order valence-corrected chi connectivity index (χ1v) is 12.6. The van der Waals surface area contributed by atoms with Crippen LogP contribution < -0.4 is 0 Å². The van der Waals surface area contributed by atoms with Crippen LogP contribution in [0.1, 0.15) is 24.6 Å². The number of fused-ring (bicyclic) bond motifs is 2. The third-order valence-corrected chi connectivity index (χ3v) is 8.41. The molecule has 0 atom stereocenters. The molecular weight excluding hydrogens is 453 g/mol. The lowest BCUT2D eigenvalue weighted by molar-refractivity contribution is 0.313. The van der Waals surface area contributed by atoms with Gasteiger partial charge >= 0.3 is 0 Å². The van der Waals surface area contributed by atoms with Gasteiger partial charge in [-0.15, -0.1) is 0 Å². The fourth-order valence-electron chi connectivity index (χ4n) is 4.78. The van der Waals surface area contributed by atoms with E-state index in [9.17, 15) is 12.8 Å². The van der Waals surface area contributed by atoms with Gasteiger partial charge in [0.05, 0.1) is 22.3 Å². The van der Waals surface area contributed by atoms with Gasteiger partial charge in [0.2, 0.25) is 10.0 Å². The number of para-hydroxylation sites is 1. The molecule has 4 heterocycles. The Morgan fingerprint density at radius 2 is 1.85 bits per heavy atom. The Balaban J connectivity index is 1.31. The lowest BCUT2D eigenvalue weighted by atomic mass is 9.97. The third-order valence-electron chi connectivity index (χ3n) is 6.51. The molecule has 5 aromatic rings. The Labute approximate surface area is 195 Å². The number of imidazole rings is 1. The molecule has 0 unspecified atom stereocenters. The molecular formula is C25H22FN5O2S. The summed E-state index contributed by atoms with van der Waals surface area (Å²) in [6.07, 6.45) is 6.70. The number of rotatable bonds is 4. The van der Waals surface area contributed by atoms with Crippen molar-refractivity contribution in [2.24, 2.45) is 0 Å². The second-order valence-corrected chi connectivity index (χ2v) is 10.5. The van der Waals surface area contributed by atoms with Crippen LogP contribution >= 0.6 is 0 Å². The van der Waals surface area contributed by atoms with E-state index in [1.807, 2.05) is 24.4 Å². The van der Waals surface area contributed by atoms with Crippen LogP contribution in [0.2, 0.25) is 0 Å². The third kappa shape index (κ3) is 3.48. The van der Waals surface area contributed by atoms with Crippen molar-refractivity contribution in [3.05, 3.63) is 84.8 Å². The molecule has 0 bridgehead atoms. The average molecular weight is 476 g/mol. The van der Waals surface area contributed by atoms with E-state index in [1.165, 1.54) is 22.5 Å². The standard InChI is InChI=1S/C25H22FN5O2S/c26-19-5-3-6-20(15-19)34(32,33)30-11-8-17(9-12-30)25-29-24(23-16-27-10-13-31(23)25)22-14-18-4-1-2-7-21(18)28-22/h1-7,10,13-17,28H,8-9,11-12H2. The summed E-state index contributed by atoms with van der Waals surface area (Å²) in [7, 11) is -3.73. The maximum Gasteiger partial charge on any atom is 0.243 e. The highest BCUT2D eigenvalue weighted by Crippen LogP contribution is 2.34. The largest absolute Gasteiger partial charge is 0.353 e. The van der Waals surface area contributed by atoms with Crippen LogP contribution in [0.4, 0.5) is 4.39 Å². The molecule has 2 aromatic carbocycles. The minimum atomic E-state index is -3.73. The van der Waals surface area contributed by atoms with Gasteiger partial charge in [-0.1, -0.05) is 24.3 Å². The number of aromatic nitrogens is 4. The van der Waals surface area contributed by atoms with Crippen LogP contribution in [0.5, 0.6) is 0 Å². The maximum atomic E-state index is 13.6. The monoisotopic (exact) mass is 475 g/mol. The van der Waals surface area contributed by atoms with Crippen molar-refractivity contribution in [1.29, 1.82) is 0 Å². The Morgan fingerprint density at radius 1 is 1.03 bits per heavy atom. The summed E-state index contributed by atoms with van der Waals surface area (Å²) in [6.45, 7) is 0.705. The predicted octanol–water partition coefficient (Wildman–Crippen LogP) is 4.59. The van der Waals surface area contributed by atoms with Crippen LogP contribution in [-0.2, 0) is 10.0 Å². The lowest BCUT2D eigenvalue weighted by Gasteiger charge is -2.30. The normalized spacial score (nSPS) is 15.9. The number of hydrogen-bond acceptors (Lipinski definition) is 4. The highest BCUT2D eigenvalue weighted by molar-refractivity contribution is 7.89. The van der Waals surface area contributed by atoms with Crippen molar-refractivity contribution in [3.63, 3.8) is 0 Å². The highest BCUT2D eigenvalue weighted by Gasteiger charge is 2.32. The number of hydrogen-bond donors (Lipinski definition) is 1. The van der Waals surface area contributed by atoms with E-state index < -0.39 is 15.8 Å². The van der Waals surface area contributed by atoms with E-state index in [0.29, 0.717) is 25.9 Å². The molecule has 1 saturated heterocycles. The zero-order chi connectivity index (χ0) is 23.3. The molecule has 172 valence electrons. The van der Waals surface area contributed by atoms with E-state index in [-0.39, 0.29) is 10.8 Å². The SMILES string of the molecule is O=S(=O)(c1cccc(F)c1)N1CCC(c2nc(-c3cc4ccccc4[nH]3)c3cnccn23)CC1. The van der Waals surface area contributed by atoms with E-state index >= 15 is 0 Å². The topological polar surface area (TPSA) is 83.4 Å². The number of nitrogens with one attached hydrogen (secondary N) is 1. The number of sulfonamides is 1. The van der Waals surface area contributed by atoms with Gasteiger partial charge in [0.25, 0.3) is 0 Å². The minimum Gasteiger partial charge on any atom is -0.353 e. The molecule has 3 aromatic heterocycles. The summed E-state index contributed by atoms with van der Waals surface area (Å²) >= 11 is 0. The number of halogens is 1. The number of piperidine rings is 1. The molecule has 34 heavy (non-hydrogen) atoms. The second-order valence-electron chi connectivity index (χ2n) is 8.56. The number of H-pyrrole nitrogens is 1. The second kappa shape index (κ2) is 8.03. The van der Waals surface area contributed by atoms with Crippen molar-refractivity contribution >= 4 is 26.4 Å². The molecule has 0 aliphatic carbocycles. The summed E-state index contributed by atoms with van der Waals surface area (Å²) in [4.78, 5) is 12.8. The zero-order valence-corrected chi connectivity index (χ0v) is 19.0. The number of benzene rings is 2. The van der Waals surface area contributed by atoms with Crippen molar-refractivity contribution in [1.82, 2.24) is 23.7 Å². The molecule has 9 heteroatoms. The predicted molar refractivity (Wildman–Crippen MR) is 127 cm³/mol. The van der Waals surface area contributed by atoms with Gasteiger partial charge in [0.15, 0.2) is 0 Å². The maximum absolute atomic E-state index is 13.6. The van der Waals surface area contributed by atoms with Gasteiger partial charge in [-0.25, -0.2) is 17.8 Å². The van der Waals surface area contributed by atoms with Gasteiger partial charge in [-0.05, 0) is 43.2 Å². The highest BCUT2D eigenvalue weighted by atomic mass is 32.2. The fraction of sp³-hybridized carbons (Fsp3) is 0.200. The van der Waals surface area contributed by atoms with Crippen LogP contribution in [0.15, 0.2) is 78.1 Å². The van der Waals surface area contributed by atoms with Crippen molar-refractivity contribution in [2.45, 2.75) is 23.7 Å². The molecule has 7 nitrogen and oxygen atoms in total. The molecule has 6 rings (SSSR count). The van der Waals surface area contributed by atoms with Crippen molar-refractivity contribution < 1.29 is 12.8 Å². The molecule has 0 amide bonds. The molecule has 1 N–H and O–H groups in total. The number of nitrogens with zero attached hydrogens (tertiary/aromatic N) is 4. The molecule has 0 spiro atoms. The van der Waals surface area contributed by atoms with Crippen molar-refractivity contribution in [3.8, 4) is 11.4 Å². The van der Waals surface area contributed by atoms with E-state index in [1.54, 1.807) is 12.4 Å². The Bertz CT molecular complexity index is 1580. The van der Waals surface area contributed by atoms with Crippen molar-refractivity contribution in [2.75, 3.05) is 13.1 Å². The van der Waals surface area contributed by atoms with Gasteiger partial charge in [-0.2, -0.15) is 4.31 Å². The molecule has 1 aliphatic rings. The Morgan fingerprint density at radius 3 is 2.65 bits per heavy atom. The smallest absolute Gasteiger partial charge is 0.243 e. The molecule has 1 fully saturated rings. The summed E-state index contributed by atoms with van der Waals surface area (Å²) < 4.78 is 43.1. The zero-order valence-electron chi connectivity index (χ0n) is 18.2. The molecule has 0 radical (unpaired) electrons. The fourth-order valence-corrected chi connectivity index (χ4v) is 6.28. The summed E-state index contributed by atoms with van der Waals surface area (Å²) in [5, 5.41) is 1.11. The van der Waals surface area contributed by atoms with Crippen LogP contribution in [0, 0.1) is 5.82 Å². The molecule has 0 saturated carbocycles. The van der Waals surface area contributed by atoms with Gasteiger partial charge in [-0.3, -0.25) is 9.38 Å². The van der Waals surface area contributed by atoms with Gasteiger partial charge in [0.1, 0.15) is 17.3 Å². The van der Waals surface area contributed by atoms with Gasteiger partial charge in [0, 0.05) is 42.3 Å². The number of aromatic amines is 1. The first kappa shape index (κ1) is 21.0. The van der Waals surface area contributed by atoms with E-state index in [0.717, 1.165) is 39.7 Å². The lowest BCUT2D eigenvalue weighted by Crippen LogP contribution is -2.38. The summed E-state index contributed by atoms with van der Waals surface area (Å²) in [6, 6.07) is 15.3. The van der Waals surface area contributed by atoms with Crippen LogP contribution in [0.25, 0.3) is 27.8 Å². The van der Waals surface area contributed by atoms with E-state index in [2.05, 4.69) is 26.5 Å². The van der Waals surface area contributed by atoms with Crippen LogP contribution in [0.3, 0.4) is 0 Å². The average Bonchev–Trinajstić information content (AvgIpc) is 3.46.